The summed E-state index contributed by atoms with van der Waals surface area (Å²) < 4.78 is 2.65. The predicted molar refractivity (Wildman–Crippen MR) is 324 cm³/mol. The van der Waals surface area contributed by atoms with E-state index in [1.165, 1.54) is 113 Å². The average Bonchev–Trinajstić information content (AvgIpc) is 3.90. The van der Waals surface area contributed by atoms with Crippen molar-refractivity contribution in [2.75, 3.05) is 0 Å². The summed E-state index contributed by atoms with van der Waals surface area (Å²) in [4.78, 5) is 0. The van der Waals surface area contributed by atoms with Gasteiger partial charge in [0.2, 0.25) is 0 Å². The zero-order valence-electron chi connectivity index (χ0n) is 41.9. The monoisotopic (exact) mass is 997 g/mol. The number of rotatable bonds is 8. The summed E-state index contributed by atoms with van der Waals surface area (Å²) in [6.45, 7) is 0. The lowest BCUT2D eigenvalue weighted by molar-refractivity contribution is 0.733. The topological polar surface area (TPSA) is 4.93 Å². The molecule has 0 fully saturated rings. The molecular formula is C73H51NSi2. The molecule has 2 aliphatic rings. The normalized spacial score (nSPS) is 13.7. The van der Waals surface area contributed by atoms with Gasteiger partial charge >= 0.3 is 0 Å². The Morgan fingerprint density at radius 3 is 1.29 bits per heavy atom. The lowest BCUT2D eigenvalue weighted by atomic mass is 9.62. The maximum atomic E-state index is 2.65. The molecule has 15 rings (SSSR count). The summed E-state index contributed by atoms with van der Waals surface area (Å²) in [5.74, 6) is 0. The van der Waals surface area contributed by atoms with E-state index in [4.69, 9.17) is 0 Å². The zero-order valence-corrected chi connectivity index (χ0v) is 43.9. The van der Waals surface area contributed by atoms with Crippen LogP contribution in [0.2, 0.25) is 0 Å². The van der Waals surface area contributed by atoms with Crippen molar-refractivity contribution in [1.82, 2.24) is 4.57 Å². The van der Waals surface area contributed by atoms with E-state index in [9.17, 15) is 0 Å². The second-order valence-electron chi connectivity index (χ2n) is 20.6. The Bertz CT molecular complexity index is 4140. The molecule has 13 aromatic rings. The molecule has 0 N–H and O–H groups in total. The molecular weight excluding hydrogens is 947 g/mol. The van der Waals surface area contributed by atoms with Gasteiger partial charge in [-0.25, -0.2) is 0 Å². The number of benzene rings is 12. The first kappa shape index (κ1) is 44.4. The molecule has 0 aliphatic carbocycles. The van der Waals surface area contributed by atoms with Gasteiger partial charge in [0.05, 0.1) is 22.1 Å². The summed E-state index contributed by atoms with van der Waals surface area (Å²) >= 11 is 0. The SMILES string of the molecule is c1ccc(-c2cc(-c3ccccc3)cc([Si](c3ccccc3)(c3ccccc3)c3ccc4c(c3)-n3c5ccccc5c5cccc(c53)C43c4ccccc4[Si](c4ccccc4)(c4ccccc4)c4ccccc43)c2)cc1. The van der Waals surface area contributed by atoms with Crippen LogP contribution < -0.4 is 41.5 Å². The number of para-hydroxylation sites is 2. The first-order valence-electron chi connectivity index (χ1n) is 26.6. The summed E-state index contributed by atoms with van der Waals surface area (Å²) in [5.41, 5.74) is 13.2. The molecule has 0 radical (unpaired) electrons. The maximum Gasteiger partial charge on any atom is 0.180 e. The fraction of sp³-hybridized carbons (Fsp3) is 0.0137. The summed E-state index contributed by atoms with van der Waals surface area (Å²) in [6.07, 6.45) is 0. The fourth-order valence-electron chi connectivity index (χ4n) is 14.1. The Morgan fingerprint density at radius 2 is 0.737 bits per heavy atom. The third-order valence-corrected chi connectivity index (χ3v) is 26.7. The van der Waals surface area contributed by atoms with Crippen LogP contribution in [0.5, 0.6) is 0 Å². The van der Waals surface area contributed by atoms with Gasteiger partial charge in [-0.2, -0.15) is 0 Å². The second-order valence-corrected chi connectivity index (χ2v) is 28.2. The Kier molecular flexibility index (Phi) is 10.2. The highest BCUT2D eigenvalue weighted by molar-refractivity contribution is 7.21. The van der Waals surface area contributed by atoms with Gasteiger partial charge in [0, 0.05) is 10.8 Å². The molecule has 0 saturated heterocycles. The van der Waals surface area contributed by atoms with E-state index in [0.717, 1.165) is 0 Å². The Hall–Kier alpha value is -9.13. The Morgan fingerprint density at radius 1 is 0.289 bits per heavy atom. The smallest absolute Gasteiger partial charge is 0.180 e. The minimum Gasteiger partial charge on any atom is -0.309 e. The molecule has 2 aliphatic heterocycles. The zero-order chi connectivity index (χ0) is 50.3. The van der Waals surface area contributed by atoms with Crippen LogP contribution in [0.15, 0.2) is 309 Å². The van der Waals surface area contributed by atoms with E-state index in [-0.39, 0.29) is 0 Å². The number of fused-ring (bicyclic) bond motifs is 11. The lowest BCUT2D eigenvalue weighted by Gasteiger charge is -2.51. The minimum absolute atomic E-state index is 0.678. The van der Waals surface area contributed by atoms with Crippen LogP contribution in [0.1, 0.15) is 22.3 Å². The predicted octanol–water partition coefficient (Wildman–Crippen LogP) is 11.9. The van der Waals surface area contributed by atoms with E-state index in [1.54, 1.807) is 0 Å². The average molecular weight is 998 g/mol. The largest absolute Gasteiger partial charge is 0.309 e. The van der Waals surface area contributed by atoms with Crippen LogP contribution >= 0.6 is 0 Å². The van der Waals surface area contributed by atoms with Crippen LogP contribution in [0.4, 0.5) is 0 Å². The van der Waals surface area contributed by atoms with E-state index in [2.05, 4.69) is 314 Å². The van der Waals surface area contributed by atoms with Gasteiger partial charge in [-0.3, -0.25) is 0 Å². The molecule has 1 spiro atoms. The maximum absolute atomic E-state index is 3.23. The summed E-state index contributed by atoms with van der Waals surface area (Å²) in [7, 11) is -6.19. The van der Waals surface area contributed by atoms with Gasteiger partial charge in [-0.1, -0.05) is 291 Å². The Labute approximate surface area is 446 Å². The molecule has 3 heteroatoms. The van der Waals surface area contributed by atoms with Gasteiger partial charge < -0.3 is 4.57 Å². The quantitative estimate of drug-likeness (QED) is 0.106. The Balaban J connectivity index is 1.11. The van der Waals surface area contributed by atoms with Crippen molar-refractivity contribution >= 4 is 79.4 Å². The minimum atomic E-state index is -3.23. The molecule has 1 nitrogen and oxygen atoms in total. The molecule has 3 heterocycles. The first-order valence-corrected chi connectivity index (χ1v) is 30.6. The molecule has 0 saturated carbocycles. The summed E-state index contributed by atoms with van der Waals surface area (Å²) in [5, 5.41) is 13.6. The molecule has 0 amide bonds. The van der Waals surface area contributed by atoms with Crippen LogP contribution in [-0.4, -0.2) is 20.7 Å². The molecule has 356 valence electrons. The van der Waals surface area contributed by atoms with E-state index in [0.29, 0.717) is 0 Å². The highest BCUT2D eigenvalue weighted by Gasteiger charge is 2.57. The van der Waals surface area contributed by atoms with Crippen molar-refractivity contribution in [2.24, 2.45) is 0 Å². The van der Waals surface area contributed by atoms with Crippen molar-refractivity contribution < 1.29 is 0 Å². The third kappa shape index (κ3) is 6.18. The van der Waals surface area contributed by atoms with Crippen molar-refractivity contribution in [2.45, 2.75) is 5.41 Å². The fourth-order valence-corrected chi connectivity index (χ4v) is 24.2. The van der Waals surface area contributed by atoms with E-state index in [1.807, 2.05) is 0 Å². The van der Waals surface area contributed by atoms with E-state index >= 15 is 0 Å². The highest BCUT2D eigenvalue weighted by atomic mass is 28.3. The molecule has 0 unspecified atom stereocenters. The molecule has 1 aromatic heterocycles. The van der Waals surface area contributed by atoms with Crippen LogP contribution in [0, 0.1) is 0 Å². The van der Waals surface area contributed by atoms with Gasteiger partial charge in [0.15, 0.2) is 16.1 Å². The standard InChI is InChI=1S/C73H51NSi2/c1-7-26-52(27-8-1)54-48-55(53-28-9-2-10-29-53)50-61(49-54)75(56-30-11-3-12-31-56,57-32-13-4-14-33-57)60-46-47-64-69(51-60)74-68-43-22-19-38-62(68)63-39-25-42-67(72(63)74)73(64)65-40-20-23-44-70(65)76(58-34-15-5-16-35-58,59-36-17-6-18-37-59)71-45-24-21-41-66(71)73/h1-51H. The molecule has 0 bridgehead atoms. The molecule has 12 aromatic carbocycles. The van der Waals surface area contributed by atoms with Crippen LogP contribution in [-0.2, 0) is 5.41 Å². The number of aromatic nitrogens is 1. The van der Waals surface area contributed by atoms with Gasteiger partial charge in [-0.15, -0.1) is 0 Å². The van der Waals surface area contributed by atoms with Crippen molar-refractivity contribution in [1.29, 1.82) is 0 Å². The first-order chi connectivity index (χ1) is 37.7. The number of hydrogen-bond acceptors (Lipinski definition) is 0. The number of nitrogens with zero attached hydrogens (tertiary/aromatic N) is 1. The third-order valence-electron chi connectivity index (χ3n) is 17.1. The van der Waals surface area contributed by atoms with Gasteiger partial charge in [0.25, 0.3) is 0 Å². The summed E-state index contributed by atoms with van der Waals surface area (Å²) in [6, 6.07) is 118. The van der Waals surface area contributed by atoms with Gasteiger partial charge in [0.1, 0.15) is 0 Å². The molecule has 0 atom stereocenters. The highest BCUT2D eigenvalue weighted by Crippen LogP contribution is 2.55. The lowest BCUT2D eigenvalue weighted by Crippen LogP contribution is -2.79. The van der Waals surface area contributed by atoms with Crippen molar-refractivity contribution in [3.8, 4) is 27.9 Å². The van der Waals surface area contributed by atoms with E-state index < -0.39 is 21.6 Å². The molecule has 76 heavy (non-hydrogen) atoms. The second kappa shape index (κ2) is 17.5. The van der Waals surface area contributed by atoms with Crippen LogP contribution in [0.25, 0.3) is 49.7 Å². The van der Waals surface area contributed by atoms with Crippen molar-refractivity contribution in [3.63, 3.8) is 0 Å². The van der Waals surface area contributed by atoms with Crippen molar-refractivity contribution in [3.05, 3.63) is 332 Å². The van der Waals surface area contributed by atoms with Crippen LogP contribution in [0.3, 0.4) is 0 Å². The number of hydrogen-bond donors (Lipinski definition) is 0. The van der Waals surface area contributed by atoms with Gasteiger partial charge in [-0.05, 0) is 104 Å².